The number of sulfone groups is 1. The smallest absolute Gasteiger partial charge is 0.175 e. The molecule has 0 spiro atoms. The maximum Gasteiger partial charge on any atom is 0.175 e. The summed E-state index contributed by atoms with van der Waals surface area (Å²) in [5.74, 6) is 0.0342. The van der Waals surface area contributed by atoms with Crippen LogP contribution in [0, 0.1) is 0 Å². The van der Waals surface area contributed by atoms with Crippen LogP contribution in [0.15, 0.2) is 23.1 Å². The fraction of sp³-hybridized carbons (Fsp3) is 0.333. The molecule has 0 heterocycles. The van der Waals surface area contributed by atoms with Crippen LogP contribution in [0.4, 0.5) is 0 Å². The average molecular weight is 231 g/mol. The summed E-state index contributed by atoms with van der Waals surface area (Å²) in [6, 6.07) is 4.13. The molecule has 0 aliphatic rings. The second kappa shape index (κ2) is 4.61. The fourth-order valence-electron chi connectivity index (χ4n) is 1.08. The standard InChI is InChI=1S/C9H13NO4S/c1-14-10-6-7-5-8(15(2,12)13)3-4-9(7)11/h3-5,10-11H,6H2,1-2H3. The molecule has 1 aromatic carbocycles. The van der Waals surface area contributed by atoms with Crippen molar-refractivity contribution < 1.29 is 18.4 Å². The zero-order valence-electron chi connectivity index (χ0n) is 8.52. The first kappa shape index (κ1) is 12.0. The van der Waals surface area contributed by atoms with Gasteiger partial charge in [0.2, 0.25) is 0 Å². The molecule has 1 rings (SSSR count). The summed E-state index contributed by atoms with van der Waals surface area (Å²) in [5.41, 5.74) is 3.00. The number of phenols is 1. The molecule has 0 atom stereocenters. The molecule has 6 heteroatoms. The molecule has 0 radical (unpaired) electrons. The summed E-state index contributed by atoms with van der Waals surface area (Å²) in [5, 5.41) is 9.44. The van der Waals surface area contributed by atoms with Gasteiger partial charge in [0, 0.05) is 18.4 Å². The molecule has 0 fully saturated rings. The highest BCUT2D eigenvalue weighted by Gasteiger charge is 2.10. The SMILES string of the molecule is CONCc1cc(S(C)(=O)=O)ccc1O. The Morgan fingerprint density at radius 1 is 1.47 bits per heavy atom. The molecule has 0 aliphatic heterocycles. The third kappa shape index (κ3) is 3.19. The Balaban J connectivity index is 3.06. The minimum Gasteiger partial charge on any atom is -0.508 e. The Morgan fingerprint density at radius 2 is 2.13 bits per heavy atom. The minimum atomic E-state index is -3.25. The van der Waals surface area contributed by atoms with Gasteiger partial charge in [0.05, 0.1) is 12.0 Å². The average Bonchev–Trinajstić information content (AvgIpc) is 2.15. The Labute approximate surface area is 88.6 Å². The van der Waals surface area contributed by atoms with Crippen LogP contribution in [0.2, 0.25) is 0 Å². The lowest BCUT2D eigenvalue weighted by atomic mass is 10.2. The third-order valence-electron chi connectivity index (χ3n) is 1.89. The van der Waals surface area contributed by atoms with Crippen LogP contribution in [0.1, 0.15) is 5.56 Å². The van der Waals surface area contributed by atoms with Crippen molar-refractivity contribution in [2.75, 3.05) is 13.4 Å². The quantitative estimate of drug-likeness (QED) is 0.736. The van der Waals surface area contributed by atoms with E-state index >= 15 is 0 Å². The van der Waals surface area contributed by atoms with Crippen LogP contribution >= 0.6 is 0 Å². The molecular formula is C9H13NO4S. The second-order valence-corrected chi connectivity index (χ2v) is 5.10. The second-order valence-electron chi connectivity index (χ2n) is 3.09. The van der Waals surface area contributed by atoms with Gasteiger partial charge in [-0.05, 0) is 18.2 Å². The van der Waals surface area contributed by atoms with E-state index in [0.29, 0.717) is 5.56 Å². The monoisotopic (exact) mass is 231 g/mol. The number of hydrogen-bond donors (Lipinski definition) is 2. The van der Waals surface area contributed by atoms with Crippen molar-refractivity contribution in [3.63, 3.8) is 0 Å². The van der Waals surface area contributed by atoms with E-state index in [1.54, 1.807) is 0 Å². The van der Waals surface area contributed by atoms with E-state index in [0.717, 1.165) is 6.26 Å². The van der Waals surface area contributed by atoms with E-state index in [1.807, 2.05) is 0 Å². The Hall–Kier alpha value is -1.11. The molecule has 0 unspecified atom stereocenters. The number of benzene rings is 1. The maximum absolute atomic E-state index is 11.2. The molecule has 0 saturated carbocycles. The van der Waals surface area contributed by atoms with Gasteiger partial charge in [-0.25, -0.2) is 8.42 Å². The van der Waals surface area contributed by atoms with E-state index in [2.05, 4.69) is 10.3 Å². The fourth-order valence-corrected chi connectivity index (χ4v) is 1.76. The number of hydrogen-bond acceptors (Lipinski definition) is 5. The van der Waals surface area contributed by atoms with Crippen LogP contribution < -0.4 is 5.48 Å². The third-order valence-corrected chi connectivity index (χ3v) is 3.00. The molecule has 0 saturated heterocycles. The van der Waals surface area contributed by atoms with E-state index in [-0.39, 0.29) is 17.2 Å². The molecule has 2 N–H and O–H groups in total. The Kier molecular flexibility index (Phi) is 3.67. The number of rotatable bonds is 4. The topological polar surface area (TPSA) is 75.6 Å². The highest BCUT2D eigenvalue weighted by molar-refractivity contribution is 7.90. The first-order valence-corrected chi connectivity index (χ1v) is 6.12. The Bertz CT molecular complexity index is 441. The molecule has 0 aliphatic carbocycles. The van der Waals surface area contributed by atoms with Crippen molar-refractivity contribution in [2.45, 2.75) is 11.4 Å². The molecule has 1 aromatic rings. The van der Waals surface area contributed by atoms with E-state index in [1.165, 1.54) is 25.3 Å². The molecular weight excluding hydrogens is 218 g/mol. The largest absolute Gasteiger partial charge is 0.508 e. The number of phenolic OH excluding ortho intramolecular Hbond substituents is 1. The number of aromatic hydroxyl groups is 1. The van der Waals surface area contributed by atoms with Gasteiger partial charge in [0.25, 0.3) is 0 Å². The maximum atomic E-state index is 11.2. The Morgan fingerprint density at radius 3 is 2.67 bits per heavy atom. The van der Waals surface area contributed by atoms with Crippen LogP contribution in [-0.4, -0.2) is 26.9 Å². The molecule has 0 amide bonds. The minimum absolute atomic E-state index is 0.0342. The van der Waals surface area contributed by atoms with Crippen molar-refractivity contribution >= 4 is 9.84 Å². The summed E-state index contributed by atoms with van der Waals surface area (Å²) in [6.07, 6.45) is 1.12. The van der Waals surface area contributed by atoms with Crippen LogP contribution in [-0.2, 0) is 21.2 Å². The summed E-state index contributed by atoms with van der Waals surface area (Å²) in [7, 11) is -1.80. The predicted octanol–water partition coefficient (Wildman–Crippen LogP) is 0.447. The van der Waals surface area contributed by atoms with E-state index in [4.69, 9.17) is 0 Å². The molecule has 5 nitrogen and oxygen atoms in total. The first-order valence-electron chi connectivity index (χ1n) is 4.23. The molecule has 0 aromatic heterocycles. The van der Waals surface area contributed by atoms with Crippen molar-refractivity contribution in [2.24, 2.45) is 0 Å². The van der Waals surface area contributed by atoms with Crippen molar-refractivity contribution in [1.29, 1.82) is 0 Å². The van der Waals surface area contributed by atoms with Gasteiger partial charge in [-0.1, -0.05) is 0 Å². The van der Waals surface area contributed by atoms with Gasteiger partial charge in [-0.15, -0.1) is 0 Å². The lowest BCUT2D eigenvalue weighted by Crippen LogP contribution is -2.11. The summed E-state index contributed by atoms with van der Waals surface area (Å²) >= 11 is 0. The summed E-state index contributed by atoms with van der Waals surface area (Å²) in [6.45, 7) is 0.242. The van der Waals surface area contributed by atoms with Gasteiger partial charge in [0.15, 0.2) is 9.84 Å². The predicted molar refractivity (Wildman–Crippen MR) is 55.1 cm³/mol. The highest BCUT2D eigenvalue weighted by atomic mass is 32.2. The van der Waals surface area contributed by atoms with Gasteiger partial charge in [-0.3, -0.25) is 0 Å². The van der Waals surface area contributed by atoms with Crippen LogP contribution in [0.3, 0.4) is 0 Å². The summed E-state index contributed by atoms with van der Waals surface area (Å²) < 4.78 is 22.5. The van der Waals surface area contributed by atoms with Crippen molar-refractivity contribution in [3.8, 4) is 5.75 Å². The van der Waals surface area contributed by atoms with Crippen LogP contribution in [0.25, 0.3) is 0 Å². The van der Waals surface area contributed by atoms with E-state index in [9.17, 15) is 13.5 Å². The highest BCUT2D eigenvalue weighted by Crippen LogP contribution is 2.20. The summed E-state index contributed by atoms with van der Waals surface area (Å²) in [4.78, 5) is 4.79. The molecule has 15 heavy (non-hydrogen) atoms. The van der Waals surface area contributed by atoms with Crippen molar-refractivity contribution in [3.05, 3.63) is 23.8 Å². The first-order chi connectivity index (χ1) is 6.95. The van der Waals surface area contributed by atoms with Gasteiger partial charge in [-0.2, -0.15) is 5.48 Å². The lowest BCUT2D eigenvalue weighted by Gasteiger charge is -2.06. The molecule has 84 valence electrons. The number of nitrogens with one attached hydrogen (secondary N) is 1. The number of hydroxylamine groups is 1. The molecule has 0 bridgehead atoms. The van der Waals surface area contributed by atoms with Gasteiger partial charge >= 0.3 is 0 Å². The lowest BCUT2D eigenvalue weighted by molar-refractivity contribution is 0.0861. The zero-order chi connectivity index (χ0) is 11.5. The van der Waals surface area contributed by atoms with Gasteiger partial charge < -0.3 is 9.94 Å². The van der Waals surface area contributed by atoms with Crippen molar-refractivity contribution in [1.82, 2.24) is 5.48 Å². The van der Waals surface area contributed by atoms with Gasteiger partial charge in [0.1, 0.15) is 5.75 Å². The van der Waals surface area contributed by atoms with Crippen LogP contribution in [0.5, 0.6) is 5.75 Å². The zero-order valence-corrected chi connectivity index (χ0v) is 9.34. The normalized spacial score (nSPS) is 11.6. The van der Waals surface area contributed by atoms with E-state index < -0.39 is 9.84 Å².